The Labute approximate surface area is 121 Å². The molecule has 0 bridgehead atoms. The van der Waals surface area contributed by atoms with E-state index in [1.54, 1.807) is 6.07 Å². The highest BCUT2D eigenvalue weighted by Gasteiger charge is 2.00. The molecule has 0 aliphatic carbocycles. The van der Waals surface area contributed by atoms with Crippen LogP contribution in [-0.4, -0.2) is 11.0 Å². The lowest BCUT2D eigenvalue weighted by Gasteiger charge is -2.05. The molecule has 1 rings (SSSR count). The molecule has 1 aromatic rings. The maximum absolute atomic E-state index is 13.1. The molecule has 1 nitrogen and oxygen atoms in total. The maximum Gasteiger partial charge on any atom is 0.142 e. The van der Waals surface area contributed by atoms with E-state index in [1.165, 1.54) is 36.2 Å². The Morgan fingerprint density at radius 3 is 2.65 bits per heavy atom. The highest BCUT2D eigenvalue weighted by Crippen LogP contribution is 2.15. The van der Waals surface area contributed by atoms with Crippen molar-refractivity contribution in [2.45, 2.75) is 32.2 Å². The second kappa shape index (κ2) is 9.11. The van der Waals surface area contributed by atoms with Crippen LogP contribution in [0.15, 0.2) is 18.2 Å². The zero-order chi connectivity index (χ0) is 12.5. The summed E-state index contributed by atoms with van der Waals surface area (Å²) in [6.07, 6.45) is 5.07. The molecule has 0 spiro atoms. The van der Waals surface area contributed by atoms with E-state index < -0.39 is 0 Å². The largest absolute Gasteiger partial charge is 0.313 e. The van der Waals surface area contributed by atoms with Crippen LogP contribution in [-0.2, 0) is 6.54 Å². The molecule has 0 saturated carbocycles. The van der Waals surface area contributed by atoms with Gasteiger partial charge in [0.1, 0.15) is 5.82 Å². The van der Waals surface area contributed by atoms with Crippen molar-refractivity contribution in [2.24, 2.45) is 0 Å². The maximum atomic E-state index is 13.1. The molecule has 0 atom stereocenters. The molecule has 0 fully saturated rings. The van der Waals surface area contributed by atoms with E-state index in [4.69, 9.17) is 11.6 Å². The zero-order valence-electron chi connectivity index (χ0n) is 9.82. The van der Waals surface area contributed by atoms with Gasteiger partial charge in [-0.25, -0.2) is 4.39 Å². The van der Waals surface area contributed by atoms with Crippen molar-refractivity contribution >= 4 is 34.2 Å². The van der Waals surface area contributed by atoms with Crippen LogP contribution in [0.4, 0.5) is 4.39 Å². The molecule has 0 unspecified atom stereocenters. The van der Waals surface area contributed by atoms with Crippen LogP contribution in [0.5, 0.6) is 0 Å². The minimum atomic E-state index is -0.340. The summed E-state index contributed by atoms with van der Waals surface area (Å²) < 4.78 is 14.4. The molecule has 17 heavy (non-hydrogen) atoms. The summed E-state index contributed by atoms with van der Waals surface area (Å²) in [5.41, 5.74) is 0.944. The quantitative estimate of drug-likeness (QED) is 0.402. The third-order valence-corrected chi connectivity index (χ3v) is 3.62. The van der Waals surface area contributed by atoms with Crippen LogP contribution in [0.2, 0.25) is 5.02 Å². The number of unbranched alkanes of at least 4 members (excludes halogenated alkanes) is 3. The Morgan fingerprint density at radius 1 is 1.18 bits per heavy atom. The number of hydrogen-bond donors (Lipinski definition) is 1. The first-order valence-corrected chi connectivity index (χ1v) is 7.85. The lowest BCUT2D eigenvalue weighted by Crippen LogP contribution is -2.14. The van der Waals surface area contributed by atoms with Crippen molar-refractivity contribution < 1.29 is 4.39 Å². The van der Waals surface area contributed by atoms with Crippen molar-refractivity contribution in [2.75, 3.05) is 11.0 Å². The Hall–Kier alpha value is 0.130. The molecule has 1 N–H and O–H groups in total. The molecule has 0 amide bonds. The van der Waals surface area contributed by atoms with Crippen LogP contribution in [0.1, 0.15) is 31.2 Å². The number of hydrogen-bond acceptors (Lipinski definition) is 1. The third kappa shape index (κ3) is 6.58. The fourth-order valence-corrected chi connectivity index (χ4v) is 2.24. The van der Waals surface area contributed by atoms with Gasteiger partial charge in [-0.1, -0.05) is 53.1 Å². The van der Waals surface area contributed by atoms with Gasteiger partial charge in [-0.15, -0.1) is 0 Å². The monoisotopic (exact) mass is 369 g/mol. The normalized spacial score (nSPS) is 10.8. The van der Waals surface area contributed by atoms with Gasteiger partial charge in [-0.2, -0.15) is 0 Å². The summed E-state index contributed by atoms with van der Waals surface area (Å²) in [6.45, 7) is 1.70. The van der Waals surface area contributed by atoms with Crippen LogP contribution in [0.25, 0.3) is 0 Å². The number of rotatable bonds is 8. The molecule has 1 aromatic carbocycles. The smallest absolute Gasteiger partial charge is 0.142 e. The Bertz CT molecular complexity index is 333. The summed E-state index contributed by atoms with van der Waals surface area (Å²) in [5.74, 6) is -0.340. The molecule has 4 heteroatoms. The average Bonchev–Trinajstić information content (AvgIpc) is 2.32. The number of benzene rings is 1. The predicted molar refractivity (Wildman–Crippen MR) is 80.5 cm³/mol. The van der Waals surface area contributed by atoms with Crippen LogP contribution in [0.3, 0.4) is 0 Å². The highest BCUT2D eigenvalue weighted by molar-refractivity contribution is 14.1. The first kappa shape index (κ1) is 15.2. The summed E-state index contributed by atoms with van der Waals surface area (Å²) >= 11 is 8.02. The van der Waals surface area contributed by atoms with E-state index >= 15 is 0 Å². The van der Waals surface area contributed by atoms with E-state index in [1.807, 2.05) is 6.07 Å². The molecule has 0 aliphatic rings. The predicted octanol–water partition coefficient (Wildman–Crippen LogP) is 4.56. The van der Waals surface area contributed by atoms with Gasteiger partial charge in [0.05, 0.1) is 5.02 Å². The van der Waals surface area contributed by atoms with Crippen molar-refractivity contribution in [3.63, 3.8) is 0 Å². The zero-order valence-corrected chi connectivity index (χ0v) is 12.7. The van der Waals surface area contributed by atoms with Crippen molar-refractivity contribution in [1.82, 2.24) is 5.32 Å². The summed E-state index contributed by atoms with van der Waals surface area (Å²) in [6, 6.07) is 4.95. The van der Waals surface area contributed by atoms with E-state index in [2.05, 4.69) is 27.9 Å². The van der Waals surface area contributed by atoms with Gasteiger partial charge in [0.25, 0.3) is 0 Å². The Morgan fingerprint density at radius 2 is 1.94 bits per heavy atom. The molecular weight excluding hydrogens is 352 g/mol. The van der Waals surface area contributed by atoms with E-state index in [0.717, 1.165) is 12.1 Å². The minimum Gasteiger partial charge on any atom is -0.313 e. The number of nitrogens with one attached hydrogen (secondary N) is 1. The summed E-state index contributed by atoms with van der Waals surface area (Å²) in [5, 5.41) is 3.50. The van der Waals surface area contributed by atoms with Crippen LogP contribution in [0, 0.1) is 5.82 Å². The van der Waals surface area contributed by atoms with Crippen molar-refractivity contribution in [1.29, 1.82) is 0 Å². The second-order valence-electron chi connectivity index (χ2n) is 4.03. The first-order chi connectivity index (χ1) is 8.24. The van der Waals surface area contributed by atoms with Crippen molar-refractivity contribution in [3.05, 3.63) is 34.6 Å². The second-order valence-corrected chi connectivity index (χ2v) is 5.51. The number of alkyl halides is 1. The lowest BCUT2D eigenvalue weighted by molar-refractivity contribution is 0.594. The number of halogens is 3. The molecular formula is C13H18ClFIN. The van der Waals surface area contributed by atoms with Crippen LogP contribution < -0.4 is 5.32 Å². The molecule has 0 saturated heterocycles. The topological polar surface area (TPSA) is 12.0 Å². The fraction of sp³-hybridized carbons (Fsp3) is 0.538. The molecule has 0 radical (unpaired) electrons. The van der Waals surface area contributed by atoms with Gasteiger partial charge < -0.3 is 5.32 Å². The molecule has 96 valence electrons. The minimum absolute atomic E-state index is 0.188. The average molecular weight is 370 g/mol. The highest BCUT2D eigenvalue weighted by atomic mass is 127. The summed E-state index contributed by atoms with van der Waals surface area (Å²) in [4.78, 5) is 0. The Kier molecular flexibility index (Phi) is 8.14. The van der Waals surface area contributed by atoms with Gasteiger partial charge in [-0.05, 0) is 41.5 Å². The first-order valence-electron chi connectivity index (χ1n) is 5.94. The van der Waals surface area contributed by atoms with E-state index in [9.17, 15) is 4.39 Å². The Balaban J connectivity index is 2.11. The van der Waals surface area contributed by atoms with Gasteiger partial charge in [0, 0.05) is 6.54 Å². The third-order valence-electron chi connectivity index (χ3n) is 2.55. The fourth-order valence-electron chi connectivity index (χ4n) is 1.58. The van der Waals surface area contributed by atoms with Gasteiger partial charge in [0.15, 0.2) is 0 Å². The van der Waals surface area contributed by atoms with Gasteiger partial charge >= 0.3 is 0 Å². The lowest BCUT2D eigenvalue weighted by atomic mass is 10.2. The molecule has 0 heterocycles. The SMILES string of the molecule is Fc1cc(CNCCCCCCI)ccc1Cl. The standard InChI is InChI=1S/C13H18ClFIN/c14-12-6-5-11(9-13(12)15)10-17-8-4-2-1-3-7-16/h5-6,9,17H,1-4,7-8,10H2. The van der Waals surface area contributed by atoms with Gasteiger partial charge in [-0.3, -0.25) is 0 Å². The molecule has 0 aliphatic heterocycles. The van der Waals surface area contributed by atoms with E-state index in [-0.39, 0.29) is 10.8 Å². The van der Waals surface area contributed by atoms with Gasteiger partial charge in [0.2, 0.25) is 0 Å². The van der Waals surface area contributed by atoms with Crippen molar-refractivity contribution in [3.8, 4) is 0 Å². The van der Waals surface area contributed by atoms with Crippen LogP contribution >= 0.6 is 34.2 Å². The molecule has 0 aromatic heterocycles. The van der Waals surface area contributed by atoms with E-state index in [0.29, 0.717) is 6.54 Å². The summed E-state index contributed by atoms with van der Waals surface area (Å²) in [7, 11) is 0.